The Bertz CT molecular complexity index is 354. The van der Waals surface area contributed by atoms with Crippen LogP contribution in [0.25, 0.3) is 0 Å². The van der Waals surface area contributed by atoms with Gasteiger partial charge in [-0.25, -0.2) is 8.78 Å². The molecule has 1 aromatic carbocycles. The van der Waals surface area contributed by atoms with Gasteiger partial charge in [0, 0.05) is 0 Å². The molecule has 0 saturated heterocycles. The Morgan fingerprint density at radius 3 is 2.56 bits per heavy atom. The van der Waals surface area contributed by atoms with E-state index in [-0.39, 0.29) is 0 Å². The Kier molecular flexibility index (Phi) is 3.57. The Labute approximate surface area is 95.7 Å². The fraction of sp³-hybridized carbons (Fsp3) is 0.571. The molecule has 1 aromatic rings. The van der Waals surface area contributed by atoms with E-state index < -0.39 is 11.6 Å². The summed E-state index contributed by atoms with van der Waals surface area (Å²) in [6.45, 7) is 2.20. The smallest absolute Gasteiger partial charge is 0.159 e. The molecular formula is C14H18F2. The number of benzene rings is 1. The summed E-state index contributed by atoms with van der Waals surface area (Å²) < 4.78 is 25.8. The zero-order valence-corrected chi connectivity index (χ0v) is 9.68. The van der Waals surface area contributed by atoms with E-state index in [1.165, 1.54) is 31.4 Å². The molecule has 0 aliphatic heterocycles. The third-order valence-electron chi connectivity index (χ3n) is 3.62. The van der Waals surface area contributed by atoms with Gasteiger partial charge in [-0.2, -0.15) is 0 Å². The van der Waals surface area contributed by atoms with Crippen molar-refractivity contribution in [2.24, 2.45) is 5.92 Å². The fourth-order valence-electron chi connectivity index (χ4n) is 2.50. The van der Waals surface area contributed by atoms with Crippen LogP contribution in [0.15, 0.2) is 18.2 Å². The summed E-state index contributed by atoms with van der Waals surface area (Å²) in [6, 6.07) is 4.32. The highest BCUT2D eigenvalue weighted by molar-refractivity contribution is 5.23. The molecule has 0 atom stereocenters. The van der Waals surface area contributed by atoms with Crippen LogP contribution in [-0.4, -0.2) is 0 Å². The normalized spacial score (nSPS) is 24.2. The Morgan fingerprint density at radius 2 is 1.94 bits per heavy atom. The highest BCUT2D eigenvalue weighted by Gasteiger charge is 2.29. The van der Waals surface area contributed by atoms with Gasteiger partial charge < -0.3 is 0 Å². The zero-order valence-electron chi connectivity index (χ0n) is 9.68. The van der Waals surface area contributed by atoms with Crippen LogP contribution in [-0.2, 0) is 0 Å². The van der Waals surface area contributed by atoms with Crippen LogP contribution < -0.4 is 0 Å². The summed E-state index contributed by atoms with van der Waals surface area (Å²) in [7, 11) is 0. The lowest BCUT2D eigenvalue weighted by molar-refractivity contribution is 0.242. The van der Waals surface area contributed by atoms with Crippen molar-refractivity contribution in [1.29, 1.82) is 0 Å². The van der Waals surface area contributed by atoms with Crippen molar-refractivity contribution >= 4 is 0 Å². The fourth-order valence-corrected chi connectivity index (χ4v) is 2.50. The molecule has 0 heterocycles. The minimum atomic E-state index is -0.745. The zero-order chi connectivity index (χ0) is 11.5. The molecular weight excluding hydrogens is 206 g/mol. The molecule has 0 radical (unpaired) electrons. The molecule has 0 bridgehead atoms. The van der Waals surface area contributed by atoms with E-state index in [2.05, 4.69) is 6.92 Å². The Balaban J connectivity index is 1.89. The number of unbranched alkanes of at least 4 members (excludes halogenated alkanes) is 1. The summed E-state index contributed by atoms with van der Waals surface area (Å²) >= 11 is 0. The molecule has 2 rings (SSSR count). The summed E-state index contributed by atoms with van der Waals surface area (Å²) in [5.74, 6) is -0.199. The van der Waals surface area contributed by atoms with Crippen LogP contribution in [0.4, 0.5) is 8.78 Å². The van der Waals surface area contributed by atoms with Crippen molar-refractivity contribution in [1.82, 2.24) is 0 Å². The van der Waals surface area contributed by atoms with Crippen LogP contribution in [0.1, 0.15) is 50.5 Å². The third-order valence-corrected chi connectivity index (χ3v) is 3.62. The van der Waals surface area contributed by atoms with Crippen LogP contribution in [0.5, 0.6) is 0 Å². The molecule has 16 heavy (non-hydrogen) atoms. The third kappa shape index (κ3) is 2.42. The van der Waals surface area contributed by atoms with E-state index >= 15 is 0 Å². The summed E-state index contributed by atoms with van der Waals surface area (Å²) in [5, 5.41) is 0. The topological polar surface area (TPSA) is 0 Å². The predicted octanol–water partition coefficient (Wildman–Crippen LogP) is 4.65. The molecule has 0 aromatic heterocycles. The van der Waals surface area contributed by atoms with E-state index in [9.17, 15) is 8.78 Å². The van der Waals surface area contributed by atoms with Crippen molar-refractivity contribution in [3.8, 4) is 0 Å². The SMILES string of the molecule is CCCCC1CC(c2ccc(F)c(F)c2)C1. The molecule has 2 heteroatoms. The maximum absolute atomic E-state index is 13.0. The molecule has 1 fully saturated rings. The molecule has 0 unspecified atom stereocenters. The molecule has 1 saturated carbocycles. The molecule has 0 N–H and O–H groups in total. The quantitative estimate of drug-likeness (QED) is 0.698. The second-order valence-corrected chi connectivity index (χ2v) is 4.85. The van der Waals surface area contributed by atoms with Gasteiger partial charge in [-0.05, 0) is 42.4 Å². The van der Waals surface area contributed by atoms with Gasteiger partial charge in [-0.3, -0.25) is 0 Å². The average Bonchev–Trinajstić information content (AvgIpc) is 2.21. The van der Waals surface area contributed by atoms with E-state index in [1.54, 1.807) is 6.07 Å². The Morgan fingerprint density at radius 1 is 1.19 bits per heavy atom. The van der Waals surface area contributed by atoms with Gasteiger partial charge in [0.15, 0.2) is 11.6 Å². The molecule has 0 nitrogen and oxygen atoms in total. The van der Waals surface area contributed by atoms with Crippen LogP contribution >= 0.6 is 0 Å². The first-order valence-corrected chi connectivity index (χ1v) is 6.15. The number of hydrogen-bond acceptors (Lipinski definition) is 0. The van der Waals surface area contributed by atoms with Gasteiger partial charge in [0.1, 0.15) is 0 Å². The van der Waals surface area contributed by atoms with Gasteiger partial charge in [0.2, 0.25) is 0 Å². The second-order valence-electron chi connectivity index (χ2n) is 4.85. The predicted molar refractivity (Wildman–Crippen MR) is 61.3 cm³/mol. The molecule has 0 spiro atoms. The monoisotopic (exact) mass is 224 g/mol. The minimum Gasteiger partial charge on any atom is -0.204 e. The molecule has 0 amide bonds. The maximum Gasteiger partial charge on any atom is 0.159 e. The molecule has 88 valence electrons. The minimum absolute atomic E-state index is 0.456. The van der Waals surface area contributed by atoms with Gasteiger partial charge in [0.25, 0.3) is 0 Å². The van der Waals surface area contributed by atoms with Gasteiger partial charge in [0.05, 0.1) is 0 Å². The number of halogens is 2. The first kappa shape index (κ1) is 11.6. The van der Waals surface area contributed by atoms with E-state index in [0.717, 1.165) is 24.3 Å². The van der Waals surface area contributed by atoms with Crippen molar-refractivity contribution in [2.45, 2.75) is 44.9 Å². The van der Waals surface area contributed by atoms with Gasteiger partial charge in [-0.1, -0.05) is 32.3 Å². The van der Waals surface area contributed by atoms with Gasteiger partial charge >= 0.3 is 0 Å². The highest BCUT2D eigenvalue weighted by Crippen LogP contribution is 2.44. The summed E-state index contributed by atoms with van der Waals surface area (Å²) in [5.41, 5.74) is 0.964. The largest absolute Gasteiger partial charge is 0.204 e. The highest BCUT2D eigenvalue weighted by atomic mass is 19.2. The van der Waals surface area contributed by atoms with Crippen LogP contribution in [0, 0.1) is 17.6 Å². The van der Waals surface area contributed by atoms with Crippen molar-refractivity contribution < 1.29 is 8.78 Å². The van der Waals surface area contributed by atoms with Crippen LogP contribution in [0.3, 0.4) is 0 Å². The molecule has 1 aliphatic carbocycles. The Hall–Kier alpha value is -0.920. The maximum atomic E-state index is 13.0. The standard InChI is InChI=1S/C14H18F2/c1-2-3-4-10-7-12(8-10)11-5-6-13(15)14(16)9-11/h5-6,9-10,12H,2-4,7-8H2,1H3. The first-order chi connectivity index (χ1) is 7.70. The van der Waals surface area contributed by atoms with E-state index in [0.29, 0.717) is 5.92 Å². The lowest BCUT2D eigenvalue weighted by Gasteiger charge is -2.35. The number of rotatable bonds is 4. The van der Waals surface area contributed by atoms with Crippen molar-refractivity contribution in [3.63, 3.8) is 0 Å². The van der Waals surface area contributed by atoms with Gasteiger partial charge in [-0.15, -0.1) is 0 Å². The van der Waals surface area contributed by atoms with E-state index in [1.807, 2.05) is 0 Å². The average molecular weight is 224 g/mol. The van der Waals surface area contributed by atoms with E-state index in [4.69, 9.17) is 0 Å². The lowest BCUT2D eigenvalue weighted by Crippen LogP contribution is -2.21. The number of hydrogen-bond donors (Lipinski definition) is 0. The first-order valence-electron chi connectivity index (χ1n) is 6.15. The molecule has 1 aliphatic rings. The lowest BCUT2D eigenvalue weighted by atomic mass is 9.69. The van der Waals surface area contributed by atoms with Crippen LogP contribution in [0.2, 0.25) is 0 Å². The van der Waals surface area contributed by atoms with Crippen molar-refractivity contribution in [3.05, 3.63) is 35.4 Å². The van der Waals surface area contributed by atoms with Crippen molar-refractivity contribution in [2.75, 3.05) is 0 Å². The second kappa shape index (κ2) is 4.94. The summed E-state index contributed by atoms with van der Waals surface area (Å²) in [6.07, 6.45) is 6.11. The summed E-state index contributed by atoms with van der Waals surface area (Å²) in [4.78, 5) is 0.